The van der Waals surface area contributed by atoms with Crippen molar-refractivity contribution < 1.29 is 36.0 Å². The second kappa shape index (κ2) is 7.85. The Hall–Kier alpha value is -1.78. The number of ether oxygens (including phenoxy) is 1. The molecule has 1 N–H and O–H groups in total. The molecule has 1 fully saturated rings. The first kappa shape index (κ1) is 20.5. The van der Waals surface area contributed by atoms with Crippen LogP contribution in [0.4, 0.5) is 13.6 Å². The minimum atomic E-state index is -4.02. The minimum absolute atomic E-state index is 0.0447. The Labute approximate surface area is 150 Å². The average Bonchev–Trinajstić information content (AvgIpc) is 2.55. The summed E-state index contributed by atoms with van der Waals surface area (Å²) in [6, 6.07) is 5.98. The monoisotopic (exact) mass is 393 g/mol. The van der Waals surface area contributed by atoms with Crippen molar-refractivity contribution in [2.45, 2.75) is 30.8 Å². The standard InChI is InChI=1S/C16H21F2NO6S/c1-11-3-5-13(6-4-11)26(22,23)25-8-7-24-14-10-19(15(20)21)9-12(2)16(14,17)18/h3-6,12,14H,7-10H2,1-2H3,(H,20,21). The summed E-state index contributed by atoms with van der Waals surface area (Å²) in [5, 5.41) is 8.99. The predicted octanol–water partition coefficient (Wildman–Crippen LogP) is 2.35. The van der Waals surface area contributed by atoms with Gasteiger partial charge < -0.3 is 14.7 Å². The molecule has 0 bridgehead atoms. The van der Waals surface area contributed by atoms with Crippen LogP contribution in [0.1, 0.15) is 12.5 Å². The van der Waals surface area contributed by atoms with Crippen molar-refractivity contribution in [3.63, 3.8) is 0 Å². The molecule has 2 unspecified atom stereocenters. The first-order chi connectivity index (χ1) is 12.0. The maximum atomic E-state index is 14.2. The van der Waals surface area contributed by atoms with Gasteiger partial charge in [-0.15, -0.1) is 0 Å². The summed E-state index contributed by atoms with van der Waals surface area (Å²) < 4.78 is 62.2. The number of halogens is 2. The van der Waals surface area contributed by atoms with Crippen LogP contribution >= 0.6 is 0 Å². The van der Waals surface area contributed by atoms with Gasteiger partial charge in [-0.05, 0) is 19.1 Å². The van der Waals surface area contributed by atoms with Crippen LogP contribution in [0.2, 0.25) is 0 Å². The van der Waals surface area contributed by atoms with Crippen LogP contribution in [0.15, 0.2) is 29.2 Å². The van der Waals surface area contributed by atoms with Crippen LogP contribution in [0.25, 0.3) is 0 Å². The van der Waals surface area contributed by atoms with Gasteiger partial charge in [-0.25, -0.2) is 13.6 Å². The summed E-state index contributed by atoms with van der Waals surface area (Å²) in [4.78, 5) is 11.8. The summed E-state index contributed by atoms with van der Waals surface area (Å²) >= 11 is 0. The van der Waals surface area contributed by atoms with Crippen molar-refractivity contribution in [3.05, 3.63) is 29.8 Å². The van der Waals surface area contributed by atoms with Crippen molar-refractivity contribution in [1.82, 2.24) is 4.90 Å². The number of nitrogens with zero attached hydrogens (tertiary/aromatic N) is 1. The summed E-state index contributed by atoms with van der Waals surface area (Å²) in [5.41, 5.74) is 0.879. The minimum Gasteiger partial charge on any atom is -0.465 e. The number of likely N-dealkylation sites (tertiary alicyclic amines) is 1. The highest BCUT2D eigenvalue weighted by Crippen LogP contribution is 2.35. The lowest BCUT2D eigenvalue weighted by Gasteiger charge is -2.40. The van der Waals surface area contributed by atoms with Crippen molar-refractivity contribution in [2.24, 2.45) is 5.92 Å². The van der Waals surface area contributed by atoms with E-state index in [2.05, 4.69) is 0 Å². The van der Waals surface area contributed by atoms with E-state index in [0.29, 0.717) is 0 Å². The molecule has 7 nitrogen and oxygen atoms in total. The van der Waals surface area contributed by atoms with Gasteiger partial charge in [-0.2, -0.15) is 8.42 Å². The molecular weight excluding hydrogens is 372 g/mol. The number of benzene rings is 1. The van der Waals surface area contributed by atoms with Gasteiger partial charge in [0.05, 0.1) is 24.7 Å². The average molecular weight is 393 g/mol. The van der Waals surface area contributed by atoms with Crippen LogP contribution in [0.3, 0.4) is 0 Å². The van der Waals surface area contributed by atoms with Gasteiger partial charge >= 0.3 is 6.09 Å². The highest BCUT2D eigenvalue weighted by molar-refractivity contribution is 7.86. The van der Waals surface area contributed by atoms with Crippen LogP contribution < -0.4 is 0 Å². The molecule has 146 valence electrons. The molecular formula is C16H21F2NO6S. The van der Waals surface area contributed by atoms with E-state index in [-0.39, 0.29) is 11.4 Å². The Morgan fingerprint density at radius 3 is 2.46 bits per heavy atom. The fourth-order valence-corrected chi connectivity index (χ4v) is 3.49. The second-order valence-electron chi connectivity index (χ2n) is 6.21. The fraction of sp³-hybridized carbons (Fsp3) is 0.562. The Bertz CT molecular complexity index is 738. The van der Waals surface area contributed by atoms with Crippen LogP contribution in [-0.2, 0) is 19.0 Å². The molecule has 1 aromatic carbocycles. The lowest BCUT2D eigenvalue weighted by Crippen LogP contribution is -2.58. The van der Waals surface area contributed by atoms with E-state index in [4.69, 9.17) is 14.0 Å². The zero-order valence-corrected chi connectivity index (χ0v) is 15.2. The molecule has 1 aliphatic rings. The maximum Gasteiger partial charge on any atom is 0.407 e. The van der Waals surface area contributed by atoms with Gasteiger partial charge in [0.25, 0.3) is 16.0 Å². The topological polar surface area (TPSA) is 93.1 Å². The largest absolute Gasteiger partial charge is 0.465 e. The van der Waals surface area contributed by atoms with E-state index in [1.807, 2.05) is 0 Å². The number of piperidine rings is 1. The number of aryl methyl sites for hydroxylation is 1. The first-order valence-corrected chi connectivity index (χ1v) is 9.38. The van der Waals surface area contributed by atoms with Crippen LogP contribution in [0.5, 0.6) is 0 Å². The molecule has 2 rings (SSSR count). The molecule has 0 aliphatic carbocycles. The normalized spacial score (nSPS) is 23.0. The van der Waals surface area contributed by atoms with Crippen molar-refractivity contribution in [1.29, 1.82) is 0 Å². The quantitative estimate of drug-likeness (QED) is 0.589. The third-order valence-electron chi connectivity index (χ3n) is 4.19. The lowest BCUT2D eigenvalue weighted by molar-refractivity contribution is -0.195. The van der Waals surface area contributed by atoms with Crippen molar-refractivity contribution in [3.8, 4) is 0 Å². The van der Waals surface area contributed by atoms with E-state index < -0.39 is 53.9 Å². The predicted molar refractivity (Wildman–Crippen MR) is 87.8 cm³/mol. The van der Waals surface area contributed by atoms with Crippen LogP contribution in [-0.4, -0.2) is 62.8 Å². The maximum absolute atomic E-state index is 14.2. The summed E-state index contributed by atoms with van der Waals surface area (Å²) in [5.74, 6) is -4.43. The molecule has 1 aromatic rings. The molecule has 0 aromatic heterocycles. The fourth-order valence-electron chi connectivity index (χ4n) is 2.59. The highest BCUT2D eigenvalue weighted by Gasteiger charge is 2.51. The summed E-state index contributed by atoms with van der Waals surface area (Å²) in [7, 11) is -4.02. The van der Waals surface area contributed by atoms with Gasteiger partial charge in [-0.3, -0.25) is 4.18 Å². The van der Waals surface area contributed by atoms with Gasteiger partial charge in [0, 0.05) is 12.5 Å². The van der Waals surface area contributed by atoms with Gasteiger partial charge in [0.2, 0.25) is 0 Å². The molecule has 26 heavy (non-hydrogen) atoms. The number of hydrogen-bond donors (Lipinski definition) is 1. The van der Waals surface area contributed by atoms with Crippen molar-refractivity contribution in [2.75, 3.05) is 26.3 Å². The number of carboxylic acid groups (broad SMARTS) is 1. The molecule has 1 aliphatic heterocycles. The third kappa shape index (κ3) is 4.68. The van der Waals surface area contributed by atoms with E-state index in [0.717, 1.165) is 10.5 Å². The third-order valence-corrected chi connectivity index (χ3v) is 5.51. The molecule has 10 heteroatoms. The Morgan fingerprint density at radius 1 is 1.27 bits per heavy atom. The molecule has 0 radical (unpaired) electrons. The SMILES string of the molecule is Cc1ccc(S(=O)(=O)OCCOC2CN(C(=O)O)CC(C)C2(F)F)cc1. The van der Waals surface area contributed by atoms with E-state index in [9.17, 15) is 22.0 Å². The Kier molecular flexibility index (Phi) is 6.20. The summed E-state index contributed by atoms with van der Waals surface area (Å²) in [6.45, 7) is 1.40. The molecule has 1 saturated heterocycles. The van der Waals surface area contributed by atoms with Gasteiger partial charge in [0.15, 0.2) is 0 Å². The Morgan fingerprint density at radius 2 is 1.88 bits per heavy atom. The van der Waals surface area contributed by atoms with Gasteiger partial charge in [0.1, 0.15) is 6.10 Å². The molecule has 2 atom stereocenters. The smallest absolute Gasteiger partial charge is 0.407 e. The van der Waals surface area contributed by atoms with Gasteiger partial charge in [-0.1, -0.05) is 24.6 Å². The van der Waals surface area contributed by atoms with Crippen molar-refractivity contribution >= 4 is 16.2 Å². The summed E-state index contributed by atoms with van der Waals surface area (Å²) in [6.07, 6.45) is -2.97. The Balaban J connectivity index is 1.91. The zero-order chi connectivity index (χ0) is 19.5. The lowest BCUT2D eigenvalue weighted by atomic mass is 9.93. The number of alkyl halides is 2. The highest BCUT2D eigenvalue weighted by atomic mass is 32.2. The number of hydrogen-bond acceptors (Lipinski definition) is 5. The van der Waals surface area contributed by atoms with E-state index in [1.165, 1.54) is 19.1 Å². The number of amides is 1. The van der Waals surface area contributed by atoms with E-state index >= 15 is 0 Å². The number of rotatable bonds is 6. The molecule has 1 heterocycles. The molecule has 1 amide bonds. The first-order valence-electron chi connectivity index (χ1n) is 7.97. The molecule has 0 spiro atoms. The van der Waals surface area contributed by atoms with Crippen LogP contribution in [0, 0.1) is 12.8 Å². The van der Waals surface area contributed by atoms with E-state index in [1.54, 1.807) is 19.1 Å². The molecule has 0 saturated carbocycles. The number of carbonyl (C=O) groups is 1. The second-order valence-corrected chi connectivity index (χ2v) is 7.83. The zero-order valence-electron chi connectivity index (χ0n) is 14.4.